The molecule has 0 saturated carbocycles. The van der Waals surface area contributed by atoms with Gasteiger partial charge in [-0.3, -0.25) is 4.79 Å². The van der Waals surface area contributed by atoms with Gasteiger partial charge in [0.15, 0.2) is 0 Å². The molecule has 34 heavy (non-hydrogen) atoms. The Morgan fingerprint density at radius 3 is 2.50 bits per heavy atom. The van der Waals surface area contributed by atoms with Crippen molar-refractivity contribution in [1.29, 1.82) is 0 Å². The minimum atomic E-state index is -0.321. The molecule has 0 N–H and O–H groups in total. The van der Waals surface area contributed by atoms with Gasteiger partial charge >= 0.3 is 0 Å². The number of rotatable bonds is 3. The molecule has 0 unspecified atom stereocenters. The van der Waals surface area contributed by atoms with Gasteiger partial charge in [0.2, 0.25) is 0 Å². The molecule has 0 radical (unpaired) electrons. The van der Waals surface area contributed by atoms with Crippen LogP contribution in [0.4, 0.5) is 10.1 Å². The van der Waals surface area contributed by atoms with Gasteiger partial charge in [-0.05, 0) is 60.9 Å². The molecule has 1 aliphatic rings. The van der Waals surface area contributed by atoms with Crippen molar-refractivity contribution >= 4 is 44.7 Å². The van der Waals surface area contributed by atoms with Crippen LogP contribution in [0.1, 0.15) is 21.7 Å². The van der Waals surface area contributed by atoms with Crippen LogP contribution in [0.15, 0.2) is 78.9 Å². The summed E-state index contributed by atoms with van der Waals surface area (Å²) in [6.45, 7) is 0.649. The molecule has 0 saturated heterocycles. The van der Waals surface area contributed by atoms with Crippen LogP contribution >= 0.6 is 22.9 Å². The second-order valence-electron chi connectivity index (χ2n) is 8.22. The minimum Gasteiger partial charge on any atom is -0.307 e. The lowest BCUT2D eigenvalue weighted by Gasteiger charge is -2.29. The van der Waals surface area contributed by atoms with Crippen molar-refractivity contribution < 1.29 is 9.18 Å². The van der Waals surface area contributed by atoms with E-state index in [0.717, 1.165) is 34.6 Å². The van der Waals surface area contributed by atoms with Crippen LogP contribution in [0.2, 0.25) is 5.02 Å². The van der Waals surface area contributed by atoms with E-state index in [2.05, 4.69) is 6.07 Å². The molecule has 0 bridgehead atoms. The summed E-state index contributed by atoms with van der Waals surface area (Å²) in [5.74, 6) is -0.429. The smallest absolute Gasteiger partial charge is 0.269 e. The molecule has 0 aliphatic carbocycles. The monoisotopic (exact) mass is 487 g/mol. The van der Waals surface area contributed by atoms with Crippen molar-refractivity contribution in [3.05, 3.63) is 100 Å². The predicted molar refractivity (Wildman–Crippen MR) is 136 cm³/mol. The first kappa shape index (κ1) is 21.1. The summed E-state index contributed by atoms with van der Waals surface area (Å²) in [6, 6.07) is 23.9. The van der Waals surface area contributed by atoms with Crippen LogP contribution in [0, 0.1) is 5.82 Å². The van der Waals surface area contributed by atoms with Crippen LogP contribution in [0.25, 0.3) is 27.2 Å². The number of hydrogen-bond acceptors (Lipinski definition) is 3. The molecule has 6 rings (SSSR count). The van der Waals surface area contributed by atoms with Gasteiger partial charge in [-0.15, -0.1) is 11.3 Å². The van der Waals surface area contributed by atoms with E-state index in [-0.39, 0.29) is 11.7 Å². The van der Waals surface area contributed by atoms with Gasteiger partial charge in [-0.2, -0.15) is 5.10 Å². The fraction of sp³-hybridized carbons (Fsp3) is 0.111. The highest BCUT2D eigenvalue weighted by Crippen LogP contribution is 2.43. The number of carbonyl (C=O) groups excluding carboxylic acids is 1. The topological polar surface area (TPSA) is 38.1 Å². The van der Waals surface area contributed by atoms with Crippen molar-refractivity contribution in [3.8, 4) is 16.9 Å². The zero-order valence-corrected chi connectivity index (χ0v) is 19.6. The third-order valence-corrected chi connectivity index (χ3v) is 7.77. The number of fused-ring (bicyclic) bond motifs is 2. The molecule has 3 heterocycles. The first-order valence-corrected chi connectivity index (χ1v) is 12.2. The van der Waals surface area contributed by atoms with Crippen LogP contribution in [0.5, 0.6) is 0 Å². The summed E-state index contributed by atoms with van der Waals surface area (Å²) < 4.78 is 15.4. The first-order valence-electron chi connectivity index (χ1n) is 11.0. The van der Waals surface area contributed by atoms with Crippen molar-refractivity contribution in [2.45, 2.75) is 12.8 Å². The summed E-state index contributed by atoms with van der Waals surface area (Å²) >= 11 is 8.26. The van der Waals surface area contributed by atoms with Crippen molar-refractivity contribution in [2.24, 2.45) is 0 Å². The SMILES string of the molecule is O=C(c1sc2c(c(-c3ccc(F)cc3)nn2-c2ccccc2)c1Cl)N1CCCc2ccccc21. The number of para-hydroxylation sites is 2. The lowest BCUT2D eigenvalue weighted by atomic mass is 10.0. The molecular formula is C27H19ClFN3OS. The lowest BCUT2D eigenvalue weighted by molar-refractivity contribution is 0.0989. The zero-order chi connectivity index (χ0) is 23.2. The normalized spacial score (nSPS) is 13.3. The third kappa shape index (κ3) is 3.42. The van der Waals surface area contributed by atoms with E-state index >= 15 is 0 Å². The van der Waals surface area contributed by atoms with Crippen molar-refractivity contribution in [1.82, 2.24) is 9.78 Å². The summed E-state index contributed by atoms with van der Waals surface area (Å²) in [5, 5.41) is 5.91. The molecule has 5 aromatic rings. The van der Waals surface area contributed by atoms with Gasteiger partial charge in [0.25, 0.3) is 5.91 Å². The second-order valence-corrected chi connectivity index (χ2v) is 9.59. The molecule has 0 fully saturated rings. The van der Waals surface area contributed by atoms with Crippen molar-refractivity contribution in [2.75, 3.05) is 11.4 Å². The Hall–Kier alpha value is -3.48. The number of nitrogens with zero attached hydrogens (tertiary/aromatic N) is 3. The number of halogens is 2. The molecular weight excluding hydrogens is 469 g/mol. The zero-order valence-electron chi connectivity index (χ0n) is 18.0. The number of aryl methyl sites for hydroxylation is 1. The molecule has 1 amide bonds. The molecule has 168 valence electrons. The third-order valence-electron chi connectivity index (χ3n) is 6.13. The van der Waals surface area contributed by atoms with Crippen LogP contribution < -0.4 is 4.90 Å². The number of amides is 1. The van der Waals surface area contributed by atoms with Crippen molar-refractivity contribution in [3.63, 3.8) is 0 Å². The second kappa shape index (κ2) is 8.38. The van der Waals surface area contributed by atoms with E-state index in [9.17, 15) is 9.18 Å². The molecule has 0 atom stereocenters. The molecule has 7 heteroatoms. The van der Waals surface area contributed by atoms with E-state index in [1.807, 2.05) is 58.1 Å². The Bertz CT molecular complexity index is 1530. The Labute approximate surface area is 204 Å². The molecule has 0 spiro atoms. The summed E-state index contributed by atoms with van der Waals surface area (Å²) in [6.07, 6.45) is 1.86. The lowest BCUT2D eigenvalue weighted by Crippen LogP contribution is -2.35. The first-order chi connectivity index (χ1) is 16.6. The maximum Gasteiger partial charge on any atom is 0.269 e. The van der Waals surface area contributed by atoms with Crippen LogP contribution in [0.3, 0.4) is 0 Å². The molecule has 3 aromatic carbocycles. The molecule has 2 aromatic heterocycles. The number of aromatic nitrogens is 2. The number of benzene rings is 3. The number of thiophene rings is 1. The summed E-state index contributed by atoms with van der Waals surface area (Å²) in [5.41, 5.74) is 4.33. The van der Waals surface area contributed by atoms with E-state index in [1.54, 1.807) is 12.1 Å². The predicted octanol–water partition coefficient (Wildman–Crippen LogP) is 7.14. The number of hydrogen-bond donors (Lipinski definition) is 0. The Balaban J connectivity index is 1.54. The molecule has 4 nitrogen and oxygen atoms in total. The number of anilines is 1. The fourth-order valence-corrected chi connectivity index (χ4v) is 6.06. The van der Waals surface area contributed by atoms with E-state index in [1.165, 1.54) is 29.0 Å². The minimum absolute atomic E-state index is 0.108. The van der Waals surface area contributed by atoms with Gasteiger partial charge in [-0.25, -0.2) is 9.07 Å². The Kier molecular flexibility index (Phi) is 5.20. The maximum absolute atomic E-state index is 13.8. The maximum atomic E-state index is 13.8. The van der Waals surface area contributed by atoms with Gasteiger partial charge in [0, 0.05) is 17.8 Å². The quantitative estimate of drug-likeness (QED) is 0.271. The highest BCUT2D eigenvalue weighted by atomic mass is 35.5. The fourth-order valence-electron chi connectivity index (χ4n) is 4.51. The van der Waals surface area contributed by atoms with Gasteiger partial charge in [0.1, 0.15) is 21.2 Å². The summed E-state index contributed by atoms with van der Waals surface area (Å²) in [4.78, 5) is 16.9. The molecule has 1 aliphatic heterocycles. The highest BCUT2D eigenvalue weighted by Gasteiger charge is 2.30. The van der Waals surface area contributed by atoms with Gasteiger partial charge in [0.05, 0.1) is 16.1 Å². The van der Waals surface area contributed by atoms with Crippen LogP contribution in [-0.2, 0) is 6.42 Å². The Morgan fingerprint density at radius 1 is 0.971 bits per heavy atom. The van der Waals surface area contributed by atoms with Crippen LogP contribution in [-0.4, -0.2) is 22.2 Å². The number of carbonyl (C=O) groups is 1. The summed E-state index contributed by atoms with van der Waals surface area (Å²) in [7, 11) is 0. The highest BCUT2D eigenvalue weighted by molar-refractivity contribution is 7.21. The average molecular weight is 488 g/mol. The van der Waals surface area contributed by atoms with Gasteiger partial charge in [-0.1, -0.05) is 48.0 Å². The van der Waals surface area contributed by atoms with E-state index in [0.29, 0.717) is 27.5 Å². The van der Waals surface area contributed by atoms with E-state index in [4.69, 9.17) is 16.7 Å². The van der Waals surface area contributed by atoms with E-state index < -0.39 is 0 Å². The Morgan fingerprint density at radius 2 is 1.71 bits per heavy atom. The van der Waals surface area contributed by atoms with Gasteiger partial charge < -0.3 is 4.90 Å². The largest absolute Gasteiger partial charge is 0.307 e. The standard InChI is InChI=1S/C27H19ClFN3OS/c28-23-22-24(18-12-14-19(29)15-13-18)30-32(20-9-2-1-3-10-20)27(22)34-25(23)26(33)31-16-6-8-17-7-4-5-11-21(17)31/h1-5,7,9-15H,6,8,16H2. The average Bonchev–Trinajstić information content (AvgIpc) is 3.42.